The van der Waals surface area contributed by atoms with Crippen molar-refractivity contribution >= 4 is 8.78 Å². The van der Waals surface area contributed by atoms with Crippen molar-refractivity contribution in [3.63, 3.8) is 0 Å². The maximum absolute atomic E-state index is 2.57. The Morgan fingerprint density at radius 3 is 1.96 bits per heavy atom. The molecule has 0 amide bonds. The van der Waals surface area contributed by atoms with E-state index < -0.39 is 0 Å². The largest absolute Gasteiger partial charge is 1.00 e. The summed E-state index contributed by atoms with van der Waals surface area (Å²) >= 11 is 1.54. The summed E-state index contributed by atoms with van der Waals surface area (Å²) in [6, 6.07) is 40.7. The van der Waals surface area contributed by atoms with Gasteiger partial charge < -0.3 is 24.8 Å². The van der Waals surface area contributed by atoms with E-state index in [1.54, 1.807) is 55.3 Å². The first kappa shape index (κ1) is 36.3. The van der Waals surface area contributed by atoms with Crippen molar-refractivity contribution in [2.75, 3.05) is 0 Å². The number of hydrogen-bond donors (Lipinski definition) is 0. The zero-order valence-electron chi connectivity index (χ0n) is 27.0. The van der Waals surface area contributed by atoms with E-state index in [2.05, 4.69) is 117 Å². The Morgan fingerprint density at radius 1 is 0.739 bits per heavy atom. The minimum atomic E-state index is 0. The van der Waals surface area contributed by atoms with Crippen LogP contribution in [0.15, 0.2) is 144 Å². The molecule has 0 heterocycles. The molecule has 0 aromatic heterocycles. The Bertz CT molecular complexity index is 1560. The summed E-state index contributed by atoms with van der Waals surface area (Å²) in [5.41, 5.74) is 12.6. The molecule has 1 saturated carbocycles. The monoisotopic (exact) mass is 720 g/mol. The first-order chi connectivity index (χ1) is 21.6. The van der Waals surface area contributed by atoms with Gasteiger partial charge in [-0.15, -0.1) is 6.42 Å². The average molecular weight is 723 g/mol. The molecule has 0 saturated heterocycles. The molecule has 46 heavy (non-hydrogen) atoms. The van der Waals surface area contributed by atoms with Crippen LogP contribution in [-0.2, 0) is 30.7 Å². The molecular formula is C43H44Cl2Zr-2. The first-order valence-corrected chi connectivity index (χ1v) is 17.8. The maximum Gasteiger partial charge on any atom is -0.172 e. The molecule has 0 N–H and O–H groups in total. The van der Waals surface area contributed by atoms with E-state index >= 15 is 0 Å². The fourth-order valence-corrected chi connectivity index (χ4v) is 8.41. The predicted molar refractivity (Wildman–Crippen MR) is 184 cm³/mol. The van der Waals surface area contributed by atoms with E-state index in [1.165, 1.54) is 48.8 Å². The van der Waals surface area contributed by atoms with E-state index in [-0.39, 0.29) is 24.8 Å². The van der Waals surface area contributed by atoms with Crippen LogP contribution in [0.5, 0.6) is 0 Å². The van der Waals surface area contributed by atoms with E-state index in [0.29, 0.717) is 11.8 Å². The standard InChI is InChI=1S/C21H21.C17H18.C5H5.2ClH.Zr/c1-2-8-15-14(7-1)13-20-18-11-4-3-9-16(18)17-10-5-6-12-19(17)21(15)20;1-14(16-9-5-3-6-10-16)13-15(2)17-11-7-4-8-12-17;1-2-4-5-3-1;;;/h1-2,6-8,11-12,16-17H,3-5,9-10,13H2;3-12,14-15H,1-2H3;1-5H;2*1H;/q-1;;-1;;;+2/p-2. The third kappa shape index (κ3) is 8.10. The van der Waals surface area contributed by atoms with Gasteiger partial charge in [0.05, 0.1) is 0 Å². The molecule has 236 valence electrons. The molecule has 0 aliphatic heterocycles. The second-order valence-electron chi connectivity index (χ2n) is 12.6. The van der Waals surface area contributed by atoms with Crippen LogP contribution in [0.25, 0.3) is 5.57 Å². The maximum atomic E-state index is 2.57. The van der Waals surface area contributed by atoms with Gasteiger partial charge in [-0.2, -0.15) is 23.8 Å². The molecule has 0 spiro atoms. The van der Waals surface area contributed by atoms with Gasteiger partial charge in [-0.1, -0.05) is 66.0 Å². The van der Waals surface area contributed by atoms with Gasteiger partial charge in [-0.3, -0.25) is 0 Å². The Hall–Kier alpha value is -2.57. The quantitative estimate of drug-likeness (QED) is 0.261. The topological polar surface area (TPSA) is 0 Å². The van der Waals surface area contributed by atoms with Crippen LogP contribution in [0, 0.1) is 18.3 Å². The van der Waals surface area contributed by atoms with Crippen molar-refractivity contribution in [1.82, 2.24) is 0 Å². The van der Waals surface area contributed by atoms with Crippen LogP contribution < -0.4 is 24.8 Å². The van der Waals surface area contributed by atoms with Crippen molar-refractivity contribution in [2.24, 2.45) is 11.8 Å². The summed E-state index contributed by atoms with van der Waals surface area (Å²) in [4.78, 5) is 0. The molecule has 1 fully saturated rings. The molecule has 4 aliphatic carbocycles. The van der Waals surface area contributed by atoms with Gasteiger partial charge in [0, 0.05) is 0 Å². The average Bonchev–Trinajstić information content (AvgIpc) is 3.81. The molecule has 0 bridgehead atoms. The number of fused-ring (bicyclic) bond motifs is 6. The summed E-state index contributed by atoms with van der Waals surface area (Å²) in [6.45, 7) is 4.64. The van der Waals surface area contributed by atoms with E-state index in [4.69, 9.17) is 0 Å². The van der Waals surface area contributed by atoms with Crippen LogP contribution in [0.2, 0.25) is 0 Å². The third-order valence-electron chi connectivity index (χ3n) is 9.99. The van der Waals surface area contributed by atoms with Crippen LogP contribution in [0.4, 0.5) is 0 Å². The van der Waals surface area contributed by atoms with E-state index in [9.17, 15) is 0 Å². The van der Waals surface area contributed by atoms with Gasteiger partial charge in [0.15, 0.2) is 0 Å². The van der Waals surface area contributed by atoms with E-state index in [1.807, 2.05) is 30.3 Å². The molecule has 4 unspecified atom stereocenters. The van der Waals surface area contributed by atoms with Gasteiger partial charge in [-0.25, -0.2) is 24.1 Å². The summed E-state index contributed by atoms with van der Waals surface area (Å²) in [6.07, 6.45) is 15.3. The van der Waals surface area contributed by atoms with Gasteiger partial charge in [0.2, 0.25) is 0 Å². The van der Waals surface area contributed by atoms with Crippen LogP contribution >= 0.6 is 0 Å². The summed E-state index contributed by atoms with van der Waals surface area (Å²) in [5, 5.41) is 0. The number of hydrogen-bond acceptors (Lipinski definition) is 0. The fraction of sp³-hybridized carbons (Fsp3) is 0.279. The molecule has 0 radical (unpaired) electrons. The van der Waals surface area contributed by atoms with E-state index in [0.717, 1.165) is 18.3 Å². The Labute approximate surface area is 304 Å². The van der Waals surface area contributed by atoms with Crippen molar-refractivity contribution in [1.29, 1.82) is 0 Å². The zero-order valence-corrected chi connectivity index (χ0v) is 31.0. The number of halogens is 2. The smallest absolute Gasteiger partial charge is 0.172 e. The molecule has 4 aromatic carbocycles. The zero-order chi connectivity index (χ0) is 30.3. The second kappa shape index (κ2) is 17.5. The minimum Gasteiger partial charge on any atom is -1.00 e. The molecule has 0 nitrogen and oxygen atoms in total. The predicted octanol–water partition coefficient (Wildman–Crippen LogP) is 5.00. The van der Waals surface area contributed by atoms with Crippen molar-refractivity contribution in [3.8, 4) is 0 Å². The molecule has 8 rings (SSSR count). The summed E-state index contributed by atoms with van der Waals surface area (Å²) in [5.74, 6) is 2.68. The Kier molecular flexibility index (Phi) is 13.8. The van der Waals surface area contributed by atoms with Crippen molar-refractivity contribution in [2.45, 2.75) is 64.2 Å². The van der Waals surface area contributed by atoms with Crippen LogP contribution in [-0.4, -0.2) is 3.21 Å². The Balaban J connectivity index is 0.000000176. The van der Waals surface area contributed by atoms with Crippen molar-refractivity contribution in [3.05, 3.63) is 173 Å². The van der Waals surface area contributed by atoms with Gasteiger partial charge in [0.1, 0.15) is 0 Å². The second-order valence-corrected chi connectivity index (χ2v) is 14.0. The van der Waals surface area contributed by atoms with Gasteiger partial charge >= 0.3 is 125 Å². The fourth-order valence-electron chi connectivity index (χ4n) is 7.59. The number of benzene rings is 3. The third-order valence-corrected chi connectivity index (χ3v) is 12.1. The molecule has 4 aromatic rings. The normalized spacial score (nSPS) is 19.8. The minimum absolute atomic E-state index is 0. The van der Waals surface area contributed by atoms with Crippen molar-refractivity contribution < 1.29 is 49.0 Å². The van der Waals surface area contributed by atoms with Gasteiger partial charge in [0.25, 0.3) is 0 Å². The molecular weight excluding hydrogens is 679 g/mol. The van der Waals surface area contributed by atoms with Crippen LogP contribution in [0.3, 0.4) is 0 Å². The molecule has 4 atom stereocenters. The molecule has 3 heteroatoms. The number of rotatable bonds is 4. The molecule has 4 aliphatic rings. The number of allylic oxidation sites excluding steroid dienone is 6. The Morgan fingerprint density at radius 2 is 1.35 bits per heavy atom. The SMILES string of the molecule is C1=CC2=C3C(=C4[CH-]CCCC4C2CC1)Cc1ccccc13.CC([C](=[Zr+2])C(C)c1ccccc1)c1ccccc1.[Cl-].[Cl-].c1cc[cH-]c1. The summed E-state index contributed by atoms with van der Waals surface area (Å²) < 4.78 is 1.61. The summed E-state index contributed by atoms with van der Waals surface area (Å²) in [7, 11) is 0. The van der Waals surface area contributed by atoms with Crippen LogP contribution in [0.1, 0.15) is 80.0 Å². The van der Waals surface area contributed by atoms with Gasteiger partial charge in [-0.05, 0) is 36.7 Å². The first-order valence-electron chi connectivity index (χ1n) is 16.5.